The number of aryl methyl sites for hydroxylation is 3. The standard InChI is InChI=1S/C18H18F2N4O3.C2H6/c1-10-4-5-12(11(19)8-10)22-15-13-16(23(2)18(27)14(15)20)21-9-24(17(13)26)6-3-7-25;1-2/h4-5,8-9,22,25H,3,6-7H2,1-2H3;1-2H3. The molecule has 0 amide bonds. The van der Waals surface area contributed by atoms with Crippen molar-refractivity contribution >= 4 is 22.4 Å². The molecule has 2 heterocycles. The van der Waals surface area contributed by atoms with E-state index in [0.717, 1.165) is 4.57 Å². The summed E-state index contributed by atoms with van der Waals surface area (Å²) in [5.74, 6) is -1.85. The molecule has 0 aliphatic carbocycles. The normalized spacial score (nSPS) is 10.6. The van der Waals surface area contributed by atoms with Crippen molar-refractivity contribution in [2.24, 2.45) is 7.05 Å². The van der Waals surface area contributed by atoms with Crippen molar-refractivity contribution in [1.29, 1.82) is 0 Å². The number of aliphatic hydroxyl groups excluding tert-OH is 1. The lowest BCUT2D eigenvalue weighted by Gasteiger charge is -2.14. The molecule has 0 atom stereocenters. The van der Waals surface area contributed by atoms with E-state index in [4.69, 9.17) is 5.11 Å². The first-order valence-corrected chi connectivity index (χ1v) is 9.26. The molecule has 0 saturated carbocycles. The number of hydrogen-bond donors (Lipinski definition) is 2. The Balaban J connectivity index is 0.00000145. The predicted molar refractivity (Wildman–Crippen MR) is 109 cm³/mol. The van der Waals surface area contributed by atoms with Crippen LogP contribution < -0.4 is 16.4 Å². The number of pyridine rings is 1. The van der Waals surface area contributed by atoms with Crippen molar-refractivity contribution in [2.75, 3.05) is 11.9 Å². The number of aromatic nitrogens is 3. The largest absolute Gasteiger partial charge is 0.396 e. The van der Waals surface area contributed by atoms with Crippen LogP contribution in [0.5, 0.6) is 0 Å². The molecule has 0 radical (unpaired) electrons. The second-order valence-corrected chi connectivity index (χ2v) is 6.18. The first kappa shape index (κ1) is 22.2. The molecule has 1 aromatic carbocycles. The molecular formula is C20H24F2N4O3. The molecule has 3 rings (SSSR count). The fraction of sp³-hybridized carbons (Fsp3) is 0.350. The number of aliphatic hydroxyl groups is 1. The van der Waals surface area contributed by atoms with Crippen molar-refractivity contribution in [3.8, 4) is 0 Å². The average Bonchev–Trinajstić information content (AvgIpc) is 2.71. The molecule has 9 heteroatoms. The molecule has 0 fully saturated rings. The summed E-state index contributed by atoms with van der Waals surface area (Å²) in [6.07, 6.45) is 1.53. The van der Waals surface area contributed by atoms with E-state index in [0.29, 0.717) is 12.0 Å². The second kappa shape index (κ2) is 9.42. The minimum absolute atomic E-state index is 0.0262. The van der Waals surface area contributed by atoms with E-state index in [1.165, 1.54) is 30.1 Å². The van der Waals surface area contributed by atoms with Crippen LogP contribution in [0, 0.1) is 18.6 Å². The van der Waals surface area contributed by atoms with Crippen molar-refractivity contribution in [3.63, 3.8) is 0 Å². The number of benzene rings is 1. The van der Waals surface area contributed by atoms with E-state index in [1.54, 1.807) is 13.0 Å². The van der Waals surface area contributed by atoms with Gasteiger partial charge in [-0.25, -0.2) is 9.37 Å². The van der Waals surface area contributed by atoms with Gasteiger partial charge in [0.25, 0.3) is 11.1 Å². The number of rotatable bonds is 5. The van der Waals surface area contributed by atoms with E-state index in [-0.39, 0.29) is 29.9 Å². The third-order valence-corrected chi connectivity index (χ3v) is 4.24. The summed E-state index contributed by atoms with van der Waals surface area (Å²) >= 11 is 0. The van der Waals surface area contributed by atoms with Gasteiger partial charge >= 0.3 is 0 Å². The molecule has 0 aliphatic heterocycles. The zero-order chi connectivity index (χ0) is 21.7. The summed E-state index contributed by atoms with van der Waals surface area (Å²) < 4.78 is 31.1. The highest BCUT2D eigenvalue weighted by atomic mass is 19.1. The maximum absolute atomic E-state index is 14.7. The molecular weight excluding hydrogens is 382 g/mol. The van der Waals surface area contributed by atoms with Crippen LogP contribution in [0.4, 0.5) is 20.2 Å². The Hall–Kier alpha value is -3.07. The van der Waals surface area contributed by atoms with Crippen LogP contribution in [-0.2, 0) is 13.6 Å². The molecule has 2 N–H and O–H groups in total. The highest BCUT2D eigenvalue weighted by Gasteiger charge is 2.21. The lowest BCUT2D eigenvalue weighted by atomic mass is 10.2. The summed E-state index contributed by atoms with van der Waals surface area (Å²) in [4.78, 5) is 29.1. The smallest absolute Gasteiger partial charge is 0.290 e. The summed E-state index contributed by atoms with van der Waals surface area (Å²) in [5, 5.41) is 11.3. The van der Waals surface area contributed by atoms with Crippen LogP contribution in [0.3, 0.4) is 0 Å². The van der Waals surface area contributed by atoms with Crippen molar-refractivity contribution in [2.45, 2.75) is 33.7 Å². The number of anilines is 2. The van der Waals surface area contributed by atoms with Crippen molar-refractivity contribution in [3.05, 3.63) is 62.4 Å². The SMILES string of the molecule is CC.Cc1ccc(Nc2c(F)c(=O)n(C)c3ncn(CCCO)c(=O)c23)c(F)c1. The predicted octanol–water partition coefficient (Wildman–Crippen LogP) is 2.83. The van der Waals surface area contributed by atoms with Gasteiger partial charge in [0.2, 0.25) is 5.82 Å². The number of hydrogen-bond acceptors (Lipinski definition) is 5. The highest BCUT2D eigenvalue weighted by Crippen LogP contribution is 2.26. The lowest BCUT2D eigenvalue weighted by Crippen LogP contribution is -2.29. The number of fused-ring (bicyclic) bond motifs is 1. The van der Waals surface area contributed by atoms with Crippen LogP contribution in [0.25, 0.3) is 11.0 Å². The maximum Gasteiger partial charge on any atom is 0.290 e. The fourth-order valence-corrected chi connectivity index (χ4v) is 2.79. The van der Waals surface area contributed by atoms with E-state index >= 15 is 0 Å². The monoisotopic (exact) mass is 406 g/mol. The van der Waals surface area contributed by atoms with Crippen molar-refractivity contribution < 1.29 is 13.9 Å². The molecule has 0 spiro atoms. The number of nitrogens with one attached hydrogen (secondary N) is 1. The van der Waals surface area contributed by atoms with Gasteiger partial charge in [0.15, 0.2) is 5.65 Å². The van der Waals surface area contributed by atoms with E-state index < -0.39 is 28.4 Å². The quantitative estimate of drug-likeness (QED) is 0.680. The summed E-state index contributed by atoms with van der Waals surface area (Å²) in [6.45, 7) is 5.73. The van der Waals surface area contributed by atoms with Gasteiger partial charge in [-0.05, 0) is 31.0 Å². The minimum Gasteiger partial charge on any atom is -0.396 e. The fourth-order valence-electron chi connectivity index (χ4n) is 2.79. The Bertz CT molecular complexity index is 1140. The number of nitrogens with zero attached hydrogens (tertiary/aromatic N) is 3. The van der Waals surface area contributed by atoms with Crippen LogP contribution in [0.2, 0.25) is 0 Å². The van der Waals surface area contributed by atoms with E-state index in [1.807, 2.05) is 13.8 Å². The molecule has 156 valence electrons. The summed E-state index contributed by atoms with van der Waals surface area (Å²) in [7, 11) is 1.30. The zero-order valence-electron chi connectivity index (χ0n) is 16.8. The van der Waals surface area contributed by atoms with Gasteiger partial charge in [-0.15, -0.1) is 0 Å². The van der Waals surface area contributed by atoms with Crippen molar-refractivity contribution in [1.82, 2.24) is 14.1 Å². The first-order chi connectivity index (χ1) is 13.8. The Morgan fingerprint density at radius 3 is 2.48 bits per heavy atom. The topological polar surface area (TPSA) is 89.2 Å². The Morgan fingerprint density at radius 1 is 1.17 bits per heavy atom. The van der Waals surface area contributed by atoms with Gasteiger partial charge in [-0.1, -0.05) is 19.9 Å². The Morgan fingerprint density at radius 2 is 1.86 bits per heavy atom. The Kier molecular flexibility index (Phi) is 7.22. The molecule has 0 saturated heterocycles. The Labute approximate surface area is 166 Å². The maximum atomic E-state index is 14.7. The second-order valence-electron chi connectivity index (χ2n) is 6.18. The van der Waals surface area contributed by atoms with Gasteiger partial charge in [0.1, 0.15) is 11.2 Å². The van der Waals surface area contributed by atoms with Crippen LogP contribution in [-0.4, -0.2) is 25.8 Å². The third kappa shape index (κ3) is 4.34. The van der Waals surface area contributed by atoms with Gasteiger partial charge in [0.05, 0.1) is 17.7 Å². The molecule has 2 aromatic heterocycles. The molecule has 7 nitrogen and oxygen atoms in total. The molecule has 3 aromatic rings. The minimum atomic E-state index is -1.20. The van der Waals surface area contributed by atoms with E-state index in [9.17, 15) is 18.4 Å². The third-order valence-electron chi connectivity index (χ3n) is 4.24. The van der Waals surface area contributed by atoms with Crippen LogP contribution in [0.1, 0.15) is 25.8 Å². The molecule has 0 unspecified atom stereocenters. The van der Waals surface area contributed by atoms with Gasteiger partial charge in [-0.3, -0.25) is 18.7 Å². The van der Waals surface area contributed by atoms with Crippen LogP contribution >= 0.6 is 0 Å². The summed E-state index contributed by atoms with van der Waals surface area (Å²) in [6, 6.07) is 4.26. The van der Waals surface area contributed by atoms with E-state index in [2.05, 4.69) is 10.3 Å². The summed E-state index contributed by atoms with van der Waals surface area (Å²) in [5.41, 5.74) is -1.44. The van der Waals surface area contributed by atoms with Gasteiger partial charge in [-0.2, -0.15) is 4.39 Å². The van der Waals surface area contributed by atoms with Crippen LogP contribution in [0.15, 0.2) is 34.1 Å². The molecule has 0 aliphatic rings. The zero-order valence-corrected chi connectivity index (χ0v) is 16.8. The molecule has 0 bridgehead atoms. The first-order valence-electron chi connectivity index (χ1n) is 9.26. The number of halogens is 2. The van der Waals surface area contributed by atoms with Gasteiger partial charge in [0, 0.05) is 20.2 Å². The lowest BCUT2D eigenvalue weighted by molar-refractivity contribution is 0.279. The molecule has 29 heavy (non-hydrogen) atoms. The average molecular weight is 406 g/mol. The van der Waals surface area contributed by atoms with Gasteiger partial charge < -0.3 is 10.4 Å². The highest BCUT2D eigenvalue weighted by molar-refractivity contribution is 5.90.